The van der Waals surface area contributed by atoms with Gasteiger partial charge in [-0.15, -0.1) is 0 Å². The fraction of sp³-hybridized carbons (Fsp3) is 0.444. The summed E-state index contributed by atoms with van der Waals surface area (Å²) in [6.45, 7) is 6.71. The summed E-state index contributed by atoms with van der Waals surface area (Å²) in [7, 11) is 0. The molecule has 5 nitrogen and oxygen atoms in total. The zero-order chi connectivity index (χ0) is 17.2. The Hall–Kier alpha value is -2.21. The summed E-state index contributed by atoms with van der Waals surface area (Å²) in [5, 5.41) is 10.7. The van der Waals surface area contributed by atoms with Crippen LogP contribution in [0, 0.1) is 18.2 Å². The third kappa shape index (κ3) is 3.48. The van der Waals surface area contributed by atoms with E-state index >= 15 is 0 Å². The Balaban J connectivity index is 1.70. The molecule has 0 aliphatic carbocycles. The number of hydrogen-bond donors (Lipinski definition) is 2. The molecule has 0 spiro atoms. The first kappa shape index (κ1) is 16.6. The normalized spacial score (nSPS) is 16.8. The monoisotopic (exact) mass is 330 g/mol. The lowest BCUT2D eigenvalue weighted by Crippen LogP contribution is -2.43. The summed E-state index contributed by atoms with van der Waals surface area (Å²) in [6, 6.07) is 6.06. The molecular formula is C18H23FN4O. The lowest BCUT2D eigenvalue weighted by atomic mass is 9.81. The molecular weight excluding hydrogens is 307 g/mol. The van der Waals surface area contributed by atoms with Gasteiger partial charge in [0.1, 0.15) is 5.82 Å². The number of benzene rings is 1. The fourth-order valence-electron chi connectivity index (χ4n) is 3.07. The van der Waals surface area contributed by atoms with Crippen LogP contribution in [0.3, 0.4) is 0 Å². The van der Waals surface area contributed by atoms with Gasteiger partial charge in [-0.2, -0.15) is 5.10 Å². The van der Waals surface area contributed by atoms with Gasteiger partial charge in [0, 0.05) is 6.54 Å². The van der Waals surface area contributed by atoms with Gasteiger partial charge in [-0.25, -0.2) is 9.07 Å². The Bertz CT molecular complexity index is 717. The van der Waals surface area contributed by atoms with Crippen molar-refractivity contribution in [3.8, 4) is 5.69 Å². The van der Waals surface area contributed by atoms with E-state index in [0.717, 1.165) is 37.3 Å². The zero-order valence-corrected chi connectivity index (χ0v) is 14.1. The average molecular weight is 330 g/mol. The molecule has 1 aromatic carbocycles. The van der Waals surface area contributed by atoms with Gasteiger partial charge in [-0.1, -0.05) is 6.92 Å². The number of hydrogen-bond acceptors (Lipinski definition) is 3. The number of piperidine rings is 1. The van der Waals surface area contributed by atoms with Crippen LogP contribution in [0.1, 0.15) is 35.8 Å². The molecule has 1 saturated heterocycles. The molecule has 3 rings (SSSR count). The maximum atomic E-state index is 13.1. The highest BCUT2D eigenvalue weighted by atomic mass is 19.1. The molecule has 128 valence electrons. The van der Waals surface area contributed by atoms with E-state index in [1.807, 2.05) is 6.92 Å². The van der Waals surface area contributed by atoms with Gasteiger partial charge in [0.15, 0.2) is 0 Å². The molecule has 24 heavy (non-hydrogen) atoms. The molecule has 1 fully saturated rings. The molecule has 1 amide bonds. The van der Waals surface area contributed by atoms with Crippen LogP contribution in [0.2, 0.25) is 0 Å². The Labute approximate surface area is 141 Å². The Morgan fingerprint density at radius 1 is 1.33 bits per heavy atom. The number of rotatable bonds is 4. The number of carbonyl (C=O) groups excluding carboxylic acids is 1. The molecule has 1 aromatic heterocycles. The van der Waals surface area contributed by atoms with Crippen molar-refractivity contribution >= 4 is 5.91 Å². The van der Waals surface area contributed by atoms with Crippen molar-refractivity contribution in [2.45, 2.75) is 26.7 Å². The predicted molar refractivity (Wildman–Crippen MR) is 90.8 cm³/mol. The highest BCUT2D eigenvalue weighted by Crippen LogP contribution is 2.27. The van der Waals surface area contributed by atoms with Crippen LogP contribution in [-0.2, 0) is 0 Å². The smallest absolute Gasteiger partial charge is 0.254 e. The zero-order valence-electron chi connectivity index (χ0n) is 14.1. The van der Waals surface area contributed by atoms with E-state index < -0.39 is 0 Å². The van der Waals surface area contributed by atoms with Crippen molar-refractivity contribution in [1.82, 2.24) is 20.4 Å². The molecule has 1 aliphatic heterocycles. The van der Waals surface area contributed by atoms with Crippen LogP contribution in [0.25, 0.3) is 5.69 Å². The maximum Gasteiger partial charge on any atom is 0.254 e. The van der Waals surface area contributed by atoms with Gasteiger partial charge in [-0.3, -0.25) is 4.79 Å². The number of aromatic nitrogens is 2. The third-order valence-electron chi connectivity index (χ3n) is 4.81. The SMILES string of the molecule is Cc1c(C(=O)NCC2(C)CCNCC2)cnn1-c1ccc(F)cc1. The number of halogens is 1. The Morgan fingerprint density at radius 2 is 2.00 bits per heavy atom. The highest BCUT2D eigenvalue weighted by Gasteiger charge is 2.27. The second-order valence-corrected chi connectivity index (χ2v) is 6.78. The lowest BCUT2D eigenvalue weighted by Gasteiger charge is -2.34. The van der Waals surface area contributed by atoms with Crippen molar-refractivity contribution in [2.75, 3.05) is 19.6 Å². The van der Waals surface area contributed by atoms with E-state index in [2.05, 4.69) is 22.7 Å². The van der Waals surface area contributed by atoms with Crippen molar-refractivity contribution in [3.05, 3.63) is 47.5 Å². The summed E-state index contributed by atoms with van der Waals surface area (Å²) in [4.78, 5) is 12.5. The lowest BCUT2D eigenvalue weighted by molar-refractivity contribution is 0.0921. The van der Waals surface area contributed by atoms with Gasteiger partial charge < -0.3 is 10.6 Å². The summed E-state index contributed by atoms with van der Waals surface area (Å²) >= 11 is 0. The summed E-state index contributed by atoms with van der Waals surface area (Å²) in [6.07, 6.45) is 3.68. The predicted octanol–water partition coefficient (Wildman–Crippen LogP) is 2.44. The van der Waals surface area contributed by atoms with Crippen LogP contribution in [0.5, 0.6) is 0 Å². The Kier molecular flexibility index (Phi) is 4.66. The minimum absolute atomic E-state index is 0.111. The first-order valence-electron chi connectivity index (χ1n) is 8.28. The Morgan fingerprint density at radius 3 is 2.67 bits per heavy atom. The topological polar surface area (TPSA) is 59.0 Å². The second kappa shape index (κ2) is 6.73. The van der Waals surface area contributed by atoms with Crippen LogP contribution >= 0.6 is 0 Å². The maximum absolute atomic E-state index is 13.1. The number of nitrogens with one attached hydrogen (secondary N) is 2. The molecule has 0 unspecified atom stereocenters. The van der Waals surface area contributed by atoms with Gasteiger partial charge >= 0.3 is 0 Å². The van der Waals surface area contributed by atoms with Gasteiger partial charge in [-0.05, 0) is 62.5 Å². The van der Waals surface area contributed by atoms with E-state index in [0.29, 0.717) is 12.1 Å². The van der Waals surface area contributed by atoms with Crippen molar-refractivity contribution in [3.63, 3.8) is 0 Å². The van der Waals surface area contributed by atoms with Gasteiger partial charge in [0.25, 0.3) is 5.91 Å². The minimum atomic E-state index is -0.295. The fourth-order valence-corrected chi connectivity index (χ4v) is 3.07. The molecule has 2 aromatic rings. The van der Waals surface area contributed by atoms with E-state index in [9.17, 15) is 9.18 Å². The number of nitrogens with zero attached hydrogens (tertiary/aromatic N) is 2. The first-order valence-corrected chi connectivity index (χ1v) is 8.28. The van der Waals surface area contributed by atoms with Crippen molar-refractivity contribution in [2.24, 2.45) is 5.41 Å². The van der Waals surface area contributed by atoms with Crippen LogP contribution in [0.4, 0.5) is 4.39 Å². The van der Waals surface area contributed by atoms with Crippen LogP contribution < -0.4 is 10.6 Å². The summed E-state index contributed by atoms with van der Waals surface area (Å²) in [5.41, 5.74) is 2.17. The third-order valence-corrected chi connectivity index (χ3v) is 4.81. The minimum Gasteiger partial charge on any atom is -0.351 e. The van der Waals surface area contributed by atoms with E-state index in [4.69, 9.17) is 0 Å². The summed E-state index contributed by atoms with van der Waals surface area (Å²) in [5.74, 6) is -0.405. The largest absolute Gasteiger partial charge is 0.351 e. The molecule has 0 saturated carbocycles. The first-order chi connectivity index (χ1) is 11.5. The van der Waals surface area contributed by atoms with Gasteiger partial charge in [0.2, 0.25) is 0 Å². The van der Waals surface area contributed by atoms with Gasteiger partial charge in [0.05, 0.1) is 23.1 Å². The summed E-state index contributed by atoms with van der Waals surface area (Å²) < 4.78 is 14.7. The highest BCUT2D eigenvalue weighted by molar-refractivity contribution is 5.95. The van der Waals surface area contributed by atoms with E-state index in [1.165, 1.54) is 12.1 Å². The average Bonchev–Trinajstić information content (AvgIpc) is 2.96. The molecule has 0 atom stereocenters. The van der Waals surface area contributed by atoms with E-state index in [-0.39, 0.29) is 17.1 Å². The van der Waals surface area contributed by atoms with Crippen molar-refractivity contribution < 1.29 is 9.18 Å². The number of carbonyl (C=O) groups is 1. The van der Waals surface area contributed by atoms with Crippen LogP contribution in [0.15, 0.2) is 30.5 Å². The standard InChI is InChI=1S/C18H23FN4O/c1-13-16(11-22-23(13)15-5-3-14(19)4-6-15)17(24)21-12-18(2)7-9-20-10-8-18/h3-6,11,20H,7-10,12H2,1-2H3,(H,21,24). The second-order valence-electron chi connectivity index (χ2n) is 6.78. The van der Waals surface area contributed by atoms with Crippen molar-refractivity contribution in [1.29, 1.82) is 0 Å². The molecule has 0 radical (unpaired) electrons. The molecule has 6 heteroatoms. The van der Waals surface area contributed by atoms with Crippen LogP contribution in [-0.4, -0.2) is 35.3 Å². The molecule has 1 aliphatic rings. The van der Waals surface area contributed by atoms with E-state index in [1.54, 1.807) is 23.0 Å². The molecule has 2 N–H and O–H groups in total. The molecule has 2 heterocycles. The molecule has 0 bridgehead atoms. The number of amides is 1. The quantitative estimate of drug-likeness (QED) is 0.905.